The predicted octanol–water partition coefficient (Wildman–Crippen LogP) is 4.27. The van der Waals surface area contributed by atoms with E-state index in [9.17, 15) is 4.79 Å². The Morgan fingerprint density at radius 3 is 2.59 bits per heavy atom. The Morgan fingerprint density at radius 2 is 1.89 bits per heavy atom. The summed E-state index contributed by atoms with van der Waals surface area (Å²) in [5, 5.41) is 2.26. The maximum Gasteiger partial charge on any atom is 0.210 e. The van der Waals surface area contributed by atoms with Gasteiger partial charge in [0.25, 0.3) is 0 Å². The average Bonchev–Trinajstić information content (AvgIpc) is 2.67. The summed E-state index contributed by atoms with van der Waals surface area (Å²) < 4.78 is 0. The highest BCUT2D eigenvalue weighted by Crippen LogP contribution is 2.35. The third-order valence-corrected chi connectivity index (χ3v) is 5.54. The van der Waals surface area contributed by atoms with Gasteiger partial charge in [-0.1, -0.05) is 35.3 Å². The zero-order valence-electron chi connectivity index (χ0n) is 14.8. The third-order valence-electron chi connectivity index (χ3n) is 4.97. The second-order valence-electron chi connectivity index (χ2n) is 6.69. The van der Waals surface area contributed by atoms with Crippen LogP contribution in [0.25, 0.3) is 22.0 Å². The highest BCUT2D eigenvalue weighted by molar-refractivity contribution is 6.34. The van der Waals surface area contributed by atoms with Crippen LogP contribution in [0.2, 0.25) is 10.0 Å². The van der Waals surface area contributed by atoms with Crippen LogP contribution in [0.15, 0.2) is 42.7 Å². The first kappa shape index (κ1) is 18.0. The topological polar surface area (TPSA) is 49.3 Å². The molecule has 0 spiro atoms. The molecule has 3 aromatic rings. The number of anilines is 1. The number of fused-ring (bicyclic) bond motifs is 1. The fourth-order valence-corrected chi connectivity index (χ4v) is 3.88. The van der Waals surface area contributed by atoms with Gasteiger partial charge < -0.3 is 9.80 Å². The van der Waals surface area contributed by atoms with Crippen LogP contribution >= 0.6 is 23.2 Å². The van der Waals surface area contributed by atoms with Gasteiger partial charge in [-0.2, -0.15) is 0 Å². The summed E-state index contributed by atoms with van der Waals surface area (Å²) in [6.45, 7) is 4.17. The second kappa shape index (κ2) is 7.33. The van der Waals surface area contributed by atoms with E-state index in [1.165, 1.54) is 0 Å². The monoisotopic (exact) mass is 400 g/mol. The molecule has 0 saturated carbocycles. The molecule has 7 heteroatoms. The lowest BCUT2D eigenvalue weighted by atomic mass is 10.0. The van der Waals surface area contributed by atoms with Gasteiger partial charge in [-0.15, -0.1) is 0 Å². The van der Waals surface area contributed by atoms with E-state index in [0.29, 0.717) is 16.6 Å². The van der Waals surface area contributed by atoms with E-state index in [2.05, 4.69) is 14.9 Å². The van der Waals surface area contributed by atoms with Gasteiger partial charge in [-0.3, -0.25) is 4.79 Å². The zero-order chi connectivity index (χ0) is 19.0. The van der Waals surface area contributed by atoms with E-state index >= 15 is 0 Å². The molecule has 0 bridgehead atoms. The average molecular weight is 401 g/mol. The Labute approximate surface area is 167 Å². The Morgan fingerprint density at radius 1 is 1.11 bits per heavy atom. The number of amides is 1. The van der Waals surface area contributed by atoms with Crippen LogP contribution in [0.4, 0.5) is 5.82 Å². The molecule has 1 aromatic heterocycles. The number of carbonyl (C=O) groups is 1. The molecule has 5 nitrogen and oxygen atoms in total. The standard InChI is InChI=1S/C20H18Cl2N4O/c1-13-10-25(6-7-26(13)12-27)20-17-8-16(14-2-4-15(21)5-3-14)18(22)9-19(17)23-11-24-20/h2-5,8-9,11-13H,6-7,10H2,1H3. The molecule has 1 saturated heterocycles. The highest BCUT2D eigenvalue weighted by Gasteiger charge is 2.25. The Balaban J connectivity index is 1.79. The summed E-state index contributed by atoms with van der Waals surface area (Å²) in [7, 11) is 0. The summed E-state index contributed by atoms with van der Waals surface area (Å²) in [5.74, 6) is 0.865. The van der Waals surface area contributed by atoms with Gasteiger partial charge in [0, 0.05) is 41.6 Å². The van der Waals surface area contributed by atoms with Crippen molar-refractivity contribution >= 4 is 46.3 Å². The van der Waals surface area contributed by atoms with E-state index in [1.807, 2.05) is 48.2 Å². The number of hydrogen-bond acceptors (Lipinski definition) is 4. The SMILES string of the molecule is CC1CN(c2ncnc3cc(Cl)c(-c4ccc(Cl)cc4)cc23)CCN1C=O. The minimum absolute atomic E-state index is 0.129. The van der Waals surface area contributed by atoms with E-state index in [4.69, 9.17) is 23.2 Å². The molecule has 1 unspecified atom stereocenters. The van der Waals surface area contributed by atoms with Crippen molar-refractivity contribution in [2.75, 3.05) is 24.5 Å². The summed E-state index contributed by atoms with van der Waals surface area (Å²) in [5.41, 5.74) is 2.70. The number of nitrogens with zero attached hydrogens (tertiary/aromatic N) is 4. The van der Waals surface area contributed by atoms with E-state index in [1.54, 1.807) is 6.33 Å². The van der Waals surface area contributed by atoms with Crippen LogP contribution in [0.1, 0.15) is 6.92 Å². The first-order chi connectivity index (χ1) is 13.1. The van der Waals surface area contributed by atoms with Gasteiger partial charge in [-0.25, -0.2) is 9.97 Å². The lowest BCUT2D eigenvalue weighted by molar-refractivity contribution is -0.120. The molecule has 27 heavy (non-hydrogen) atoms. The molecule has 1 fully saturated rings. The highest BCUT2D eigenvalue weighted by atomic mass is 35.5. The van der Waals surface area contributed by atoms with Gasteiger partial charge in [-0.05, 0) is 36.8 Å². The number of aromatic nitrogens is 2. The van der Waals surface area contributed by atoms with Crippen molar-refractivity contribution in [1.82, 2.24) is 14.9 Å². The zero-order valence-corrected chi connectivity index (χ0v) is 16.3. The fourth-order valence-electron chi connectivity index (χ4n) is 3.49. The molecule has 0 N–H and O–H groups in total. The molecule has 138 valence electrons. The maximum atomic E-state index is 11.1. The molecule has 4 rings (SSSR count). The molecular formula is C20H18Cl2N4O. The largest absolute Gasteiger partial charge is 0.352 e. The lowest BCUT2D eigenvalue weighted by Gasteiger charge is -2.38. The van der Waals surface area contributed by atoms with Crippen LogP contribution in [0.5, 0.6) is 0 Å². The van der Waals surface area contributed by atoms with Crippen molar-refractivity contribution in [3.05, 3.63) is 52.8 Å². The van der Waals surface area contributed by atoms with Crippen molar-refractivity contribution in [3.63, 3.8) is 0 Å². The molecule has 1 amide bonds. The van der Waals surface area contributed by atoms with Crippen LogP contribution in [-0.4, -0.2) is 47.0 Å². The van der Waals surface area contributed by atoms with Crippen LogP contribution < -0.4 is 4.90 Å². The number of piperazine rings is 1. The first-order valence-corrected chi connectivity index (χ1v) is 9.48. The molecule has 1 aliphatic heterocycles. The minimum Gasteiger partial charge on any atom is -0.352 e. The number of carbonyl (C=O) groups excluding carboxylic acids is 1. The first-order valence-electron chi connectivity index (χ1n) is 8.73. The summed E-state index contributed by atoms with van der Waals surface area (Å²) in [6.07, 6.45) is 2.48. The van der Waals surface area contributed by atoms with Crippen molar-refractivity contribution in [1.29, 1.82) is 0 Å². The van der Waals surface area contributed by atoms with E-state index in [-0.39, 0.29) is 6.04 Å². The lowest BCUT2D eigenvalue weighted by Crippen LogP contribution is -2.51. The smallest absolute Gasteiger partial charge is 0.210 e. The number of rotatable bonds is 3. The molecule has 1 aliphatic rings. The van der Waals surface area contributed by atoms with Crippen LogP contribution in [0.3, 0.4) is 0 Å². The van der Waals surface area contributed by atoms with Crippen molar-refractivity contribution < 1.29 is 4.79 Å². The van der Waals surface area contributed by atoms with Gasteiger partial charge in [0.15, 0.2) is 0 Å². The van der Waals surface area contributed by atoms with E-state index in [0.717, 1.165) is 47.3 Å². The molecule has 1 atom stereocenters. The summed E-state index contributed by atoms with van der Waals surface area (Å²) in [6, 6.07) is 11.6. The predicted molar refractivity (Wildman–Crippen MR) is 109 cm³/mol. The fraction of sp³-hybridized carbons (Fsp3) is 0.250. The van der Waals surface area contributed by atoms with E-state index < -0.39 is 0 Å². The number of halogens is 2. The van der Waals surface area contributed by atoms with Crippen molar-refractivity contribution in [2.45, 2.75) is 13.0 Å². The molecular weight excluding hydrogens is 383 g/mol. The molecule has 0 aliphatic carbocycles. The molecule has 2 heterocycles. The molecule has 0 radical (unpaired) electrons. The number of hydrogen-bond donors (Lipinski definition) is 0. The second-order valence-corrected chi connectivity index (χ2v) is 7.54. The summed E-state index contributed by atoms with van der Waals surface area (Å²) in [4.78, 5) is 24.1. The Hall–Kier alpha value is -2.37. The van der Waals surface area contributed by atoms with Gasteiger partial charge in [0.05, 0.1) is 10.5 Å². The normalized spacial score (nSPS) is 17.4. The Bertz CT molecular complexity index is 993. The van der Waals surface area contributed by atoms with Crippen molar-refractivity contribution in [2.24, 2.45) is 0 Å². The van der Waals surface area contributed by atoms with Crippen LogP contribution in [-0.2, 0) is 4.79 Å². The van der Waals surface area contributed by atoms with Gasteiger partial charge in [0.2, 0.25) is 6.41 Å². The number of benzene rings is 2. The third kappa shape index (κ3) is 3.45. The van der Waals surface area contributed by atoms with Gasteiger partial charge >= 0.3 is 0 Å². The molecule has 2 aromatic carbocycles. The van der Waals surface area contributed by atoms with Gasteiger partial charge in [0.1, 0.15) is 12.1 Å². The van der Waals surface area contributed by atoms with Crippen molar-refractivity contribution in [3.8, 4) is 11.1 Å². The van der Waals surface area contributed by atoms with Crippen LogP contribution in [0, 0.1) is 0 Å². The maximum absolute atomic E-state index is 11.1. The minimum atomic E-state index is 0.129. The summed E-state index contributed by atoms with van der Waals surface area (Å²) >= 11 is 12.5. The Kier molecular flexibility index (Phi) is 4.89. The quantitative estimate of drug-likeness (QED) is 0.615.